The second-order valence-electron chi connectivity index (χ2n) is 3.59. The molecule has 0 spiro atoms. The maximum atomic E-state index is 11.9. The number of nitrogens with two attached hydrogens (primary N) is 1. The molecule has 0 aromatic carbocycles. The lowest BCUT2D eigenvalue weighted by Crippen LogP contribution is -2.14. The number of H-pyrrole nitrogens is 1. The standard InChI is InChI=1S/C10H9Cl2N5O/c1-4-2-6(11)14-9(12)8(4)15-10(18)5-3-7(13)17-16-5/h2-3H,1H3,(H,15,18)(H3,13,16,17). The van der Waals surface area contributed by atoms with E-state index in [1.807, 2.05) is 0 Å². The van der Waals surface area contributed by atoms with Gasteiger partial charge in [0.2, 0.25) is 0 Å². The van der Waals surface area contributed by atoms with Crippen molar-refractivity contribution in [2.75, 3.05) is 11.1 Å². The van der Waals surface area contributed by atoms with Crippen LogP contribution in [0.25, 0.3) is 0 Å². The molecule has 2 rings (SSSR count). The Morgan fingerprint density at radius 1 is 1.44 bits per heavy atom. The molecule has 94 valence electrons. The molecule has 0 aliphatic rings. The van der Waals surface area contributed by atoms with Crippen molar-refractivity contribution in [2.45, 2.75) is 6.92 Å². The van der Waals surface area contributed by atoms with Gasteiger partial charge in [-0.05, 0) is 18.6 Å². The van der Waals surface area contributed by atoms with Crippen LogP contribution in [0.4, 0.5) is 11.5 Å². The SMILES string of the molecule is Cc1cc(Cl)nc(Cl)c1NC(=O)c1cc(N)n[nH]1. The quantitative estimate of drug-likeness (QED) is 0.737. The van der Waals surface area contributed by atoms with E-state index in [1.54, 1.807) is 13.0 Å². The first kappa shape index (κ1) is 12.7. The van der Waals surface area contributed by atoms with Gasteiger partial charge in [0, 0.05) is 6.07 Å². The number of hydrogen-bond acceptors (Lipinski definition) is 4. The smallest absolute Gasteiger partial charge is 0.273 e. The Morgan fingerprint density at radius 3 is 2.72 bits per heavy atom. The molecule has 2 aromatic rings. The van der Waals surface area contributed by atoms with Gasteiger partial charge in [-0.3, -0.25) is 9.89 Å². The van der Waals surface area contributed by atoms with Crippen molar-refractivity contribution in [3.8, 4) is 0 Å². The molecule has 1 amide bonds. The van der Waals surface area contributed by atoms with Gasteiger partial charge in [0.1, 0.15) is 16.7 Å². The number of rotatable bonds is 2. The average Bonchev–Trinajstić information content (AvgIpc) is 2.70. The monoisotopic (exact) mass is 285 g/mol. The summed E-state index contributed by atoms with van der Waals surface area (Å²) in [6.07, 6.45) is 0. The number of amides is 1. The first-order valence-electron chi connectivity index (χ1n) is 4.92. The van der Waals surface area contributed by atoms with Gasteiger partial charge in [-0.1, -0.05) is 23.2 Å². The molecule has 18 heavy (non-hydrogen) atoms. The number of nitrogens with one attached hydrogen (secondary N) is 2. The molecule has 2 heterocycles. The van der Waals surface area contributed by atoms with Crippen LogP contribution < -0.4 is 11.1 Å². The van der Waals surface area contributed by atoms with E-state index in [0.717, 1.165) is 0 Å². The van der Waals surface area contributed by atoms with Crippen LogP contribution in [-0.2, 0) is 0 Å². The molecule has 0 bridgehead atoms. The van der Waals surface area contributed by atoms with Crippen LogP contribution in [0.1, 0.15) is 16.1 Å². The Morgan fingerprint density at radius 2 is 2.17 bits per heavy atom. The van der Waals surface area contributed by atoms with Gasteiger partial charge >= 0.3 is 0 Å². The fourth-order valence-corrected chi connectivity index (χ4v) is 1.96. The maximum Gasteiger partial charge on any atom is 0.273 e. The number of pyridine rings is 1. The normalized spacial score (nSPS) is 10.4. The van der Waals surface area contributed by atoms with E-state index in [0.29, 0.717) is 11.3 Å². The number of carbonyl (C=O) groups excluding carboxylic acids is 1. The number of hydrogen-bond donors (Lipinski definition) is 3. The van der Waals surface area contributed by atoms with Crippen molar-refractivity contribution in [2.24, 2.45) is 0 Å². The summed E-state index contributed by atoms with van der Waals surface area (Å²) < 4.78 is 0. The van der Waals surface area contributed by atoms with Crippen molar-refractivity contribution in [3.05, 3.63) is 33.7 Å². The van der Waals surface area contributed by atoms with Crippen molar-refractivity contribution in [1.82, 2.24) is 15.2 Å². The second kappa shape index (κ2) is 4.83. The Kier molecular flexibility index (Phi) is 3.40. The van der Waals surface area contributed by atoms with Gasteiger partial charge < -0.3 is 11.1 Å². The minimum absolute atomic E-state index is 0.126. The van der Waals surface area contributed by atoms with E-state index in [1.165, 1.54) is 6.07 Å². The summed E-state index contributed by atoms with van der Waals surface area (Å²) in [5, 5.41) is 9.17. The Bertz CT molecular complexity index is 587. The van der Waals surface area contributed by atoms with Crippen LogP contribution in [0.15, 0.2) is 12.1 Å². The summed E-state index contributed by atoms with van der Waals surface area (Å²) in [5.41, 5.74) is 6.76. The predicted octanol–water partition coefficient (Wildman–Crippen LogP) is 2.25. The molecule has 0 fully saturated rings. The molecule has 0 radical (unpaired) electrons. The Balaban J connectivity index is 2.27. The third-order valence-corrected chi connectivity index (χ3v) is 2.69. The zero-order chi connectivity index (χ0) is 13.3. The maximum absolute atomic E-state index is 11.9. The minimum atomic E-state index is -0.409. The number of aromatic nitrogens is 3. The molecule has 0 aliphatic heterocycles. The third kappa shape index (κ3) is 2.55. The molecule has 0 unspecified atom stereocenters. The summed E-state index contributed by atoms with van der Waals surface area (Å²) in [6, 6.07) is 3.02. The molecule has 0 saturated carbocycles. The fourth-order valence-electron chi connectivity index (χ4n) is 1.38. The van der Waals surface area contributed by atoms with Crippen molar-refractivity contribution in [1.29, 1.82) is 0 Å². The summed E-state index contributed by atoms with van der Waals surface area (Å²) in [6.45, 7) is 1.76. The molecular weight excluding hydrogens is 277 g/mol. The average molecular weight is 286 g/mol. The van der Waals surface area contributed by atoms with Crippen LogP contribution >= 0.6 is 23.2 Å². The highest BCUT2D eigenvalue weighted by atomic mass is 35.5. The van der Waals surface area contributed by atoms with E-state index in [4.69, 9.17) is 28.9 Å². The van der Waals surface area contributed by atoms with Crippen LogP contribution in [0.2, 0.25) is 10.3 Å². The zero-order valence-corrected chi connectivity index (χ0v) is 10.8. The zero-order valence-electron chi connectivity index (χ0n) is 9.29. The van der Waals surface area contributed by atoms with Crippen molar-refractivity contribution in [3.63, 3.8) is 0 Å². The molecule has 6 nitrogen and oxygen atoms in total. The molecule has 0 atom stereocenters. The minimum Gasteiger partial charge on any atom is -0.382 e. The van der Waals surface area contributed by atoms with Crippen molar-refractivity contribution < 1.29 is 4.79 Å². The Labute approximate surface area is 112 Å². The summed E-state index contributed by atoms with van der Waals surface area (Å²) >= 11 is 11.6. The van der Waals surface area contributed by atoms with Crippen molar-refractivity contribution >= 4 is 40.6 Å². The van der Waals surface area contributed by atoms with Gasteiger partial charge in [-0.2, -0.15) is 5.10 Å². The van der Waals surface area contributed by atoms with E-state index < -0.39 is 5.91 Å². The lowest BCUT2D eigenvalue weighted by Gasteiger charge is -2.09. The van der Waals surface area contributed by atoms with Crippen LogP contribution in [0, 0.1) is 6.92 Å². The number of aromatic amines is 1. The van der Waals surface area contributed by atoms with E-state index >= 15 is 0 Å². The van der Waals surface area contributed by atoms with Crippen LogP contribution in [0.3, 0.4) is 0 Å². The lowest BCUT2D eigenvalue weighted by atomic mass is 10.2. The molecule has 0 saturated heterocycles. The van der Waals surface area contributed by atoms with Crippen LogP contribution in [-0.4, -0.2) is 21.1 Å². The molecule has 2 aromatic heterocycles. The number of carbonyl (C=O) groups is 1. The summed E-state index contributed by atoms with van der Waals surface area (Å²) in [4.78, 5) is 15.7. The summed E-state index contributed by atoms with van der Waals surface area (Å²) in [7, 11) is 0. The van der Waals surface area contributed by atoms with E-state index in [2.05, 4.69) is 20.5 Å². The van der Waals surface area contributed by atoms with Gasteiger partial charge in [-0.15, -0.1) is 0 Å². The highest BCUT2D eigenvalue weighted by Crippen LogP contribution is 2.26. The number of aryl methyl sites for hydroxylation is 1. The highest BCUT2D eigenvalue weighted by molar-refractivity contribution is 6.35. The Hall–Kier alpha value is -1.79. The predicted molar refractivity (Wildman–Crippen MR) is 69.9 cm³/mol. The molecular formula is C10H9Cl2N5O. The van der Waals surface area contributed by atoms with E-state index in [-0.39, 0.29) is 21.8 Å². The van der Waals surface area contributed by atoms with Gasteiger partial charge in [-0.25, -0.2) is 4.98 Å². The fraction of sp³-hybridized carbons (Fsp3) is 0.100. The van der Waals surface area contributed by atoms with Gasteiger partial charge in [0.05, 0.1) is 5.69 Å². The number of nitrogen functional groups attached to an aromatic ring is 1. The number of anilines is 2. The molecule has 0 aliphatic carbocycles. The largest absolute Gasteiger partial charge is 0.382 e. The first-order chi connectivity index (χ1) is 8.47. The molecule has 4 N–H and O–H groups in total. The first-order valence-corrected chi connectivity index (χ1v) is 5.68. The summed E-state index contributed by atoms with van der Waals surface area (Å²) in [5.74, 6) is -0.175. The molecule has 8 heteroatoms. The number of halogens is 2. The van der Waals surface area contributed by atoms with Gasteiger partial charge in [0.25, 0.3) is 5.91 Å². The third-order valence-electron chi connectivity index (χ3n) is 2.22. The van der Waals surface area contributed by atoms with Crippen LogP contribution in [0.5, 0.6) is 0 Å². The topological polar surface area (TPSA) is 96.7 Å². The van der Waals surface area contributed by atoms with E-state index in [9.17, 15) is 4.79 Å². The second-order valence-corrected chi connectivity index (χ2v) is 4.33. The lowest BCUT2D eigenvalue weighted by molar-refractivity contribution is 0.102. The van der Waals surface area contributed by atoms with Gasteiger partial charge in [0.15, 0.2) is 5.15 Å². The number of nitrogens with zero attached hydrogens (tertiary/aromatic N) is 2. The highest BCUT2D eigenvalue weighted by Gasteiger charge is 2.14.